The van der Waals surface area contributed by atoms with Gasteiger partial charge in [-0.3, -0.25) is 14.6 Å². The summed E-state index contributed by atoms with van der Waals surface area (Å²) >= 11 is 0. The van der Waals surface area contributed by atoms with Crippen LogP contribution in [0, 0.1) is 0 Å². The minimum atomic E-state index is -0.536. The number of phenolic OH excluding ortho intramolecular Hbond substituents is 2. The number of ether oxygens (including phenoxy) is 2. The molecule has 5 aromatic rings. The minimum Gasteiger partial charge on any atom is -0.507 e. The number of fused-ring (bicyclic) bond motifs is 4. The van der Waals surface area contributed by atoms with Gasteiger partial charge < -0.3 is 24.1 Å². The zero-order valence-electron chi connectivity index (χ0n) is 19.0. The van der Waals surface area contributed by atoms with E-state index < -0.39 is 17.3 Å². The van der Waals surface area contributed by atoms with Crippen LogP contribution >= 0.6 is 0 Å². The lowest BCUT2D eigenvalue weighted by atomic mass is 9.84. The van der Waals surface area contributed by atoms with Crippen LogP contribution < -0.4 is 14.9 Å². The van der Waals surface area contributed by atoms with Crippen molar-refractivity contribution in [3.05, 3.63) is 88.2 Å². The first kappa shape index (κ1) is 21.7. The normalized spacial score (nSPS) is 15.0. The van der Waals surface area contributed by atoms with Crippen molar-refractivity contribution in [3.63, 3.8) is 0 Å². The smallest absolute Gasteiger partial charge is 0.312 e. The number of aromatic nitrogens is 1. The number of carbonyl (C=O) groups excluding carboxylic acids is 1. The zero-order chi connectivity index (χ0) is 25.0. The van der Waals surface area contributed by atoms with Gasteiger partial charge in [0.25, 0.3) is 0 Å². The second-order valence-electron chi connectivity index (χ2n) is 8.53. The first-order valence-corrected chi connectivity index (χ1v) is 11.2. The van der Waals surface area contributed by atoms with Crippen LogP contribution in [0.3, 0.4) is 0 Å². The highest BCUT2D eigenvalue weighted by Crippen LogP contribution is 2.47. The maximum absolute atomic E-state index is 13.2. The van der Waals surface area contributed by atoms with Gasteiger partial charge in [0.1, 0.15) is 28.2 Å². The number of methoxy groups -OCH3 is 1. The van der Waals surface area contributed by atoms with Crippen LogP contribution in [0.4, 0.5) is 0 Å². The molecule has 0 spiro atoms. The second kappa shape index (κ2) is 8.13. The van der Waals surface area contributed by atoms with Crippen LogP contribution in [0.5, 0.6) is 23.0 Å². The van der Waals surface area contributed by atoms with Crippen molar-refractivity contribution in [2.75, 3.05) is 7.11 Å². The molecule has 3 heterocycles. The van der Waals surface area contributed by atoms with Gasteiger partial charge in [-0.1, -0.05) is 24.3 Å². The average Bonchev–Trinajstić information content (AvgIpc) is 2.87. The summed E-state index contributed by atoms with van der Waals surface area (Å²) in [6.45, 7) is 0. The molecule has 0 aliphatic carbocycles. The van der Waals surface area contributed by atoms with Gasteiger partial charge >= 0.3 is 5.97 Å². The van der Waals surface area contributed by atoms with Crippen LogP contribution in [0.15, 0.2) is 76.1 Å². The number of nitrogens with zero attached hydrogens (tertiary/aromatic N) is 1. The molecule has 0 bridgehead atoms. The fourth-order valence-corrected chi connectivity index (χ4v) is 4.82. The SMILES string of the molecule is COc1ccc(-c2cc(=O)c3c(O)cc4c(c3o2)[C@@H](c2cccc3cccnc23)CC(=O)O4)cc1O. The van der Waals surface area contributed by atoms with E-state index in [1.54, 1.807) is 18.3 Å². The number of benzene rings is 3. The Kier molecular flexibility index (Phi) is 4.89. The van der Waals surface area contributed by atoms with E-state index in [4.69, 9.17) is 13.9 Å². The Morgan fingerprint density at radius 3 is 2.64 bits per heavy atom. The molecular weight excluding hydrogens is 462 g/mol. The summed E-state index contributed by atoms with van der Waals surface area (Å²) < 4.78 is 16.8. The molecule has 178 valence electrons. The van der Waals surface area contributed by atoms with Gasteiger partial charge in [-0.25, -0.2) is 0 Å². The second-order valence-corrected chi connectivity index (χ2v) is 8.53. The summed E-state index contributed by atoms with van der Waals surface area (Å²) in [5, 5.41) is 21.8. The van der Waals surface area contributed by atoms with Gasteiger partial charge in [-0.05, 0) is 29.8 Å². The van der Waals surface area contributed by atoms with Crippen molar-refractivity contribution in [2.45, 2.75) is 12.3 Å². The highest BCUT2D eigenvalue weighted by molar-refractivity contribution is 5.94. The van der Waals surface area contributed by atoms with Crippen molar-refractivity contribution < 1.29 is 28.9 Å². The molecule has 1 aliphatic heterocycles. The molecule has 0 unspecified atom stereocenters. The molecule has 3 aromatic carbocycles. The first-order chi connectivity index (χ1) is 17.4. The number of rotatable bonds is 3. The van der Waals surface area contributed by atoms with Crippen LogP contribution in [0.25, 0.3) is 33.2 Å². The lowest BCUT2D eigenvalue weighted by Gasteiger charge is -2.26. The predicted molar refractivity (Wildman–Crippen MR) is 132 cm³/mol. The molecule has 0 saturated heterocycles. The summed E-state index contributed by atoms with van der Waals surface area (Å²) in [5.41, 5.74) is 2.01. The maximum Gasteiger partial charge on any atom is 0.312 e. The summed E-state index contributed by atoms with van der Waals surface area (Å²) in [6, 6.07) is 16.6. The fourth-order valence-electron chi connectivity index (χ4n) is 4.82. The molecule has 8 heteroatoms. The molecule has 0 amide bonds. The predicted octanol–water partition coefficient (Wildman–Crippen LogP) is 4.87. The summed E-state index contributed by atoms with van der Waals surface area (Å²) in [4.78, 5) is 30.3. The fraction of sp³-hybridized carbons (Fsp3) is 0.107. The third kappa shape index (κ3) is 3.34. The van der Waals surface area contributed by atoms with E-state index in [2.05, 4.69) is 4.98 Å². The zero-order valence-corrected chi connectivity index (χ0v) is 19.0. The Morgan fingerprint density at radius 1 is 1.00 bits per heavy atom. The number of pyridine rings is 1. The van der Waals surface area contributed by atoms with Crippen molar-refractivity contribution in [3.8, 4) is 34.3 Å². The maximum atomic E-state index is 13.2. The molecule has 0 radical (unpaired) electrons. The van der Waals surface area contributed by atoms with Crippen LogP contribution in [-0.4, -0.2) is 28.3 Å². The number of hydrogen-bond acceptors (Lipinski definition) is 8. The third-order valence-electron chi connectivity index (χ3n) is 6.43. The number of aromatic hydroxyl groups is 2. The van der Waals surface area contributed by atoms with E-state index in [0.717, 1.165) is 10.9 Å². The van der Waals surface area contributed by atoms with Gasteiger partial charge in [0.15, 0.2) is 16.9 Å². The van der Waals surface area contributed by atoms with Gasteiger partial charge in [-0.2, -0.15) is 0 Å². The standard InChI is InChI=1S/C28H19NO7/c1-34-21-8-7-15(10-18(21)30)22-12-19(31)26-20(32)13-23-25(28(26)36-22)17(11-24(33)35-23)16-6-2-4-14-5-3-9-29-27(14)16/h2-10,12-13,17,30,32H,11H2,1H3/t17-/m1/s1. The highest BCUT2D eigenvalue weighted by atomic mass is 16.5. The Balaban J connectivity index is 1.65. The molecule has 1 aliphatic rings. The largest absolute Gasteiger partial charge is 0.507 e. The van der Waals surface area contributed by atoms with E-state index >= 15 is 0 Å². The molecule has 1 atom stereocenters. The summed E-state index contributed by atoms with van der Waals surface area (Å²) in [5.74, 6) is -0.928. The quantitative estimate of drug-likeness (QED) is 0.277. The molecular formula is C28H19NO7. The molecule has 6 rings (SSSR count). The molecule has 2 aromatic heterocycles. The first-order valence-electron chi connectivity index (χ1n) is 11.2. The van der Waals surface area contributed by atoms with E-state index in [1.807, 2.05) is 30.3 Å². The Hall–Kier alpha value is -4.85. The number of phenols is 2. The van der Waals surface area contributed by atoms with Gasteiger partial charge in [-0.15, -0.1) is 0 Å². The van der Waals surface area contributed by atoms with E-state index in [0.29, 0.717) is 16.6 Å². The summed E-state index contributed by atoms with van der Waals surface area (Å²) in [7, 11) is 1.43. The van der Waals surface area contributed by atoms with E-state index in [-0.39, 0.29) is 46.1 Å². The lowest BCUT2D eigenvalue weighted by molar-refractivity contribution is -0.135. The van der Waals surface area contributed by atoms with Crippen LogP contribution in [0.2, 0.25) is 0 Å². The summed E-state index contributed by atoms with van der Waals surface area (Å²) in [6.07, 6.45) is 1.68. The minimum absolute atomic E-state index is 0.000174. The van der Waals surface area contributed by atoms with Gasteiger partial charge in [0.2, 0.25) is 0 Å². The van der Waals surface area contributed by atoms with Crippen molar-refractivity contribution in [1.82, 2.24) is 4.98 Å². The number of carbonyl (C=O) groups is 1. The van der Waals surface area contributed by atoms with Gasteiger partial charge in [0, 0.05) is 40.8 Å². The highest BCUT2D eigenvalue weighted by Gasteiger charge is 2.34. The topological polar surface area (TPSA) is 119 Å². The molecule has 8 nitrogen and oxygen atoms in total. The van der Waals surface area contributed by atoms with Crippen molar-refractivity contribution in [2.24, 2.45) is 0 Å². The van der Waals surface area contributed by atoms with E-state index in [9.17, 15) is 19.8 Å². The van der Waals surface area contributed by atoms with Crippen LogP contribution in [-0.2, 0) is 4.79 Å². The third-order valence-corrected chi connectivity index (χ3v) is 6.43. The Labute approximate surface area is 204 Å². The van der Waals surface area contributed by atoms with Crippen LogP contribution in [0.1, 0.15) is 23.5 Å². The Morgan fingerprint density at radius 2 is 1.83 bits per heavy atom. The van der Waals surface area contributed by atoms with Crippen molar-refractivity contribution >= 4 is 27.8 Å². The van der Waals surface area contributed by atoms with Crippen molar-refractivity contribution in [1.29, 1.82) is 0 Å². The molecule has 0 fully saturated rings. The lowest BCUT2D eigenvalue weighted by Crippen LogP contribution is -2.22. The molecule has 36 heavy (non-hydrogen) atoms. The molecule has 2 N–H and O–H groups in total. The monoisotopic (exact) mass is 481 g/mol. The number of esters is 1. The van der Waals surface area contributed by atoms with Gasteiger partial charge in [0.05, 0.1) is 19.0 Å². The Bertz CT molecular complexity index is 1750. The molecule has 0 saturated carbocycles. The number of para-hydroxylation sites is 1. The average molecular weight is 481 g/mol. The van der Waals surface area contributed by atoms with E-state index in [1.165, 1.54) is 25.3 Å². The number of hydrogen-bond donors (Lipinski definition) is 2.